The molecule has 2 unspecified atom stereocenters. The molecule has 1 aliphatic rings. The summed E-state index contributed by atoms with van der Waals surface area (Å²) in [4.78, 5) is 21.4. The number of carboxylic acid groups (broad SMARTS) is 1. The molecule has 1 fully saturated rings. The van der Waals surface area contributed by atoms with Crippen molar-refractivity contribution in [3.63, 3.8) is 0 Å². The van der Waals surface area contributed by atoms with Crippen molar-refractivity contribution in [2.24, 2.45) is 0 Å². The van der Waals surface area contributed by atoms with Gasteiger partial charge in [0.05, 0.1) is 10.5 Å². The van der Waals surface area contributed by atoms with E-state index in [1.54, 1.807) is 12.1 Å². The minimum atomic E-state index is -1.10. The number of nitrogens with zero attached hydrogens (tertiary/aromatic N) is 1. The Hall–Kier alpha value is -2.89. The van der Waals surface area contributed by atoms with E-state index in [2.05, 4.69) is 5.32 Å². The van der Waals surface area contributed by atoms with Gasteiger partial charge < -0.3 is 10.4 Å². The number of amides is 1. The van der Waals surface area contributed by atoms with Crippen LogP contribution in [0.25, 0.3) is 0 Å². The second-order valence-electron chi connectivity index (χ2n) is 5.37. The molecule has 1 amide bonds. The molecule has 0 saturated heterocycles. The number of non-ortho nitro benzene ring substituents is 1. The molecule has 112 valence electrons. The second-order valence-corrected chi connectivity index (χ2v) is 5.37. The Morgan fingerprint density at radius 2 is 1.82 bits per heavy atom. The summed E-state index contributed by atoms with van der Waals surface area (Å²) in [6.07, 6.45) is -0.460. The lowest BCUT2D eigenvalue weighted by molar-refractivity contribution is -0.384. The van der Waals surface area contributed by atoms with Crippen molar-refractivity contribution < 1.29 is 14.8 Å². The number of rotatable bonds is 4. The van der Waals surface area contributed by atoms with Crippen LogP contribution in [0.4, 0.5) is 10.5 Å². The van der Waals surface area contributed by atoms with Gasteiger partial charge in [-0.1, -0.05) is 30.3 Å². The summed E-state index contributed by atoms with van der Waals surface area (Å²) in [6.45, 7) is 0. The van der Waals surface area contributed by atoms with Crippen LogP contribution in [0, 0.1) is 10.1 Å². The standard InChI is InChI=1S/C16H14N2O4/c19-15(20)17-16(10-14(16)11-4-2-1-3-5-11)12-6-8-13(9-7-12)18(21)22/h1-9,14,17H,10H2,(H,19,20). The highest BCUT2D eigenvalue weighted by molar-refractivity contribution is 5.68. The maximum atomic E-state index is 11.2. The summed E-state index contributed by atoms with van der Waals surface area (Å²) in [5, 5.41) is 22.5. The van der Waals surface area contributed by atoms with Gasteiger partial charge in [0.15, 0.2) is 0 Å². The quantitative estimate of drug-likeness (QED) is 0.669. The van der Waals surface area contributed by atoms with Crippen molar-refractivity contribution in [2.45, 2.75) is 17.9 Å². The highest BCUT2D eigenvalue weighted by atomic mass is 16.6. The first-order chi connectivity index (χ1) is 10.5. The largest absolute Gasteiger partial charge is 0.465 e. The second kappa shape index (κ2) is 5.14. The smallest absolute Gasteiger partial charge is 0.405 e. The van der Waals surface area contributed by atoms with Crippen LogP contribution >= 0.6 is 0 Å². The van der Waals surface area contributed by atoms with Gasteiger partial charge in [-0.25, -0.2) is 4.79 Å². The lowest BCUT2D eigenvalue weighted by Crippen LogP contribution is -2.35. The zero-order chi connectivity index (χ0) is 15.7. The average Bonchev–Trinajstić information content (AvgIpc) is 3.23. The van der Waals surface area contributed by atoms with Gasteiger partial charge in [0.25, 0.3) is 5.69 Å². The van der Waals surface area contributed by atoms with E-state index < -0.39 is 16.6 Å². The fourth-order valence-corrected chi connectivity index (χ4v) is 2.95. The summed E-state index contributed by atoms with van der Waals surface area (Å²) in [5.74, 6) is 0.0336. The first-order valence-electron chi connectivity index (χ1n) is 6.84. The fraction of sp³-hybridized carbons (Fsp3) is 0.188. The van der Waals surface area contributed by atoms with E-state index in [-0.39, 0.29) is 11.6 Å². The van der Waals surface area contributed by atoms with E-state index in [1.165, 1.54) is 12.1 Å². The van der Waals surface area contributed by atoms with E-state index >= 15 is 0 Å². The van der Waals surface area contributed by atoms with Gasteiger partial charge in [-0.05, 0) is 29.7 Å². The average molecular weight is 298 g/mol. The van der Waals surface area contributed by atoms with Gasteiger partial charge in [0, 0.05) is 18.1 Å². The third kappa shape index (κ3) is 2.39. The Morgan fingerprint density at radius 1 is 1.18 bits per heavy atom. The van der Waals surface area contributed by atoms with Crippen LogP contribution in [0.1, 0.15) is 23.5 Å². The van der Waals surface area contributed by atoms with Crippen LogP contribution < -0.4 is 5.32 Å². The molecule has 2 N–H and O–H groups in total. The van der Waals surface area contributed by atoms with Crippen molar-refractivity contribution in [2.75, 3.05) is 0 Å². The normalized spacial score (nSPS) is 22.8. The molecule has 0 aromatic heterocycles. The molecule has 2 atom stereocenters. The van der Waals surface area contributed by atoms with E-state index in [0.29, 0.717) is 6.42 Å². The summed E-state index contributed by atoms with van der Waals surface area (Å²) >= 11 is 0. The molecular formula is C16H14N2O4. The summed E-state index contributed by atoms with van der Waals surface area (Å²) in [7, 11) is 0. The van der Waals surface area contributed by atoms with Crippen molar-refractivity contribution in [1.29, 1.82) is 0 Å². The number of nitro groups is 1. The number of nitrogens with one attached hydrogen (secondary N) is 1. The van der Waals surface area contributed by atoms with E-state index in [1.807, 2.05) is 30.3 Å². The van der Waals surface area contributed by atoms with Gasteiger partial charge in [-0.15, -0.1) is 0 Å². The first-order valence-corrected chi connectivity index (χ1v) is 6.84. The number of carbonyl (C=O) groups is 1. The zero-order valence-corrected chi connectivity index (χ0v) is 11.6. The molecule has 0 heterocycles. The predicted octanol–water partition coefficient (Wildman–Crippen LogP) is 3.25. The highest BCUT2D eigenvalue weighted by Gasteiger charge is 2.57. The molecule has 2 aromatic carbocycles. The number of benzene rings is 2. The van der Waals surface area contributed by atoms with Crippen LogP contribution in [0.15, 0.2) is 54.6 Å². The molecule has 0 bridgehead atoms. The summed E-state index contributed by atoms with van der Waals surface area (Å²) < 4.78 is 0. The van der Waals surface area contributed by atoms with E-state index in [0.717, 1.165) is 11.1 Å². The Balaban J connectivity index is 1.95. The molecular weight excluding hydrogens is 284 g/mol. The van der Waals surface area contributed by atoms with Crippen LogP contribution in [0.3, 0.4) is 0 Å². The molecule has 0 spiro atoms. The number of nitro benzene ring substituents is 1. The lowest BCUT2D eigenvalue weighted by atomic mass is 9.98. The minimum absolute atomic E-state index is 0.00821. The number of hydrogen-bond acceptors (Lipinski definition) is 3. The molecule has 1 saturated carbocycles. The van der Waals surface area contributed by atoms with Crippen molar-refractivity contribution >= 4 is 11.8 Å². The van der Waals surface area contributed by atoms with E-state index in [4.69, 9.17) is 5.11 Å². The topological polar surface area (TPSA) is 92.5 Å². The summed E-state index contributed by atoms with van der Waals surface area (Å²) in [5.41, 5.74) is 1.08. The van der Waals surface area contributed by atoms with Gasteiger partial charge in [-0.2, -0.15) is 0 Å². The molecule has 6 heteroatoms. The van der Waals surface area contributed by atoms with Crippen molar-refractivity contribution in [3.8, 4) is 0 Å². The first kappa shape index (κ1) is 14.1. The Labute approximate surface area is 126 Å². The zero-order valence-electron chi connectivity index (χ0n) is 11.6. The fourth-order valence-electron chi connectivity index (χ4n) is 2.95. The van der Waals surface area contributed by atoms with Crippen LogP contribution in [-0.2, 0) is 5.54 Å². The molecule has 22 heavy (non-hydrogen) atoms. The van der Waals surface area contributed by atoms with Crippen LogP contribution in [0.2, 0.25) is 0 Å². The maximum absolute atomic E-state index is 11.2. The van der Waals surface area contributed by atoms with Gasteiger partial charge >= 0.3 is 6.09 Å². The Morgan fingerprint density at radius 3 is 2.36 bits per heavy atom. The lowest BCUT2D eigenvalue weighted by Gasteiger charge is -2.18. The SMILES string of the molecule is O=C(O)NC1(c2ccc([N+](=O)[O-])cc2)CC1c1ccccc1. The number of hydrogen-bond donors (Lipinski definition) is 2. The summed E-state index contributed by atoms with van der Waals surface area (Å²) in [6, 6.07) is 15.7. The highest BCUT2D eigenvalue weighted by Crippen LogP contribution is 2.58. The monoisotopic (exact) mass is 298 g/mol. The molecule has 0 aliphatic heterocycles. The Kier molecular flexibility index (Phi) is 3.29. The third-order valence-corrected chi connectivity index (χ3v) is 4.09. The third-order valence-electron chi connectivity index (χ3n) is 4.09. The van der Waals surface area contributed by atoms with Crippen molar-refractivity contribution in [3.05, 3.63) is 75.8 Å². The molecule has 0 radical (unpaired) electrons. The van der Waals surface area contributed by atoms with Crippen LogP contribution in [-0.4, -0.2) is 16.1 Å². The van der Waals surface area contributed by atoms with Crippen LogP contribution in [0.5, 0.6) is 0 Å². The molecule has 2 aromatic rings. The van der Waals surface area contributed by atoms with Gasteiger partial charge in [0.1, 0.15) is 0 Å². The molecule has 1 aliphatic carbocycles. The Bertz CT molecular complexity index is 715. The van der Waals surface area contributed by atoms with Gasteiger partial charge in [-0.3, -0.25) is 10.1 Å². The van der Waals surface area contributed by atoms with Gasteiger partial charge in [0.2, 0.25) is 0 Å². The minimum Gasteiger partial charge on any atom is -0.465 e. The van der Waals surface area contributed by atoms with Crippen molar-refractivity contribution in [1.82, 2.24) is 5.32 Å². The molecule has 6 nitrogen and oxygen atoms in total. The maximum Gasteiger partial charge on any atom is 0.405 e. The molecule has 3 rings (SSSR count). The van der Waals surface area contributed by atoms with E-state index in [9.17, 15) is 14.9 Å². The predicted molar refractivity (Wildman–Crippen MR) is 79.7 cm³/mol.